The minimum absolute atomic E-state index is 0.0214. The van der Waals surface area contributed by atoms with E-state index < -0.39 is 0 Å². The summed E-state index contributed by atoms with van der Waals surface area (Å²) >= 11 is 6.05. The van der Waals surface area contributed by atoms with Gasteiger partial charge in [-0.1, -0.05) is 29.8 Å². The molecular weight excluding hydrogens is 278 g/mol. The van der Waals surface area contributed by atoms with Crippen LogP contribution in [0.2, 0.25) is 5.02 Å². The zero-order chi connectivity index (χ0) is 14.5. The van der Waals surface area contributed by atoms with Crippen molar-refractivity contribution >= 4 is 23.4 Å². The monoisotopic (exact) mass is 295 g/mol. The molecule has 0 spiro atoms. The maximum Gasteiger partial charge on any atom is 0.236 e. The Balaban J connectivity index is 1.89. The van der Waals surface area contributed by atoms with Gasteiger partial charge in [-0.15, -0.1) is 0 Å². The third kappa shape index (κ3) is 3.49. The molecule has 1 aromatic rings. The second-order valence-electron chi connectivity index (χ2n) is 4.73. The van der Waals surface area contributed by atoms with Crippen LogP contribution in [0.5, 0.6) is 0 Å². The van der Waals surface area contributed by atoms with Gasteiger partial charge in [0.05, 0.1) is 13.0 Å². The molecule has 0 atom stereocenters. The summed E-state index contributed by atoms with van der Waals surface area (Å²) in [5.74, 6) is -0.0267. The molecule has 6 heteroatoms. The lowest BCUT2D eigenvalue weighted by molar-refractivity contribution is -0.138. The van der Waals surface area contributed by atoms with E-state index in [4.69, 9.17) is 17.3 Å². The maximum atomic E-state index is 12.2. The molecule has 2 N–H and O–H groups in total. The van der Waals surface area contributed by atoms with Crippen LogP contribution < -0.4 is 5.73 Å². The Morgan fingerprint density at radius 3 is 2.15 bits per heavy atom. The highest BCUT2D eigenvalue weighted by molar-refractivity contribution is 6.31. The maximum absolute atomic E-state index is 12.2. The van der Waals surface area contributed by atoms with E-state index in [2.05, 4.69) is 0 Å². The van der Waals surface area contributed by atoms with Crippen LogP contribution >= 0.6 is 11.6 Å². The van der Waals surface area contributed by atoms with Crippen molar-refractivity contribution in [2.24, 2.45) is 5.73 Å². The van der Waals surface area contributed by atoms with E-state index >= 15 is 0 Å². The number of nitrogens with two attached hydrogens (primary N) is 1. The topological polar surface area (TPSA) is 66.6 Å². The molecule has 1 saturated heterocycles. The molecule has 1 fully saturated rings. The summed E-state index contributed by atoms with van der Waals surface area (Å²) < 4.78 is 0. The van der Waals surface area contributed by atoms with Crippen molar-refractivity contribution in [3.05, 3.63) is 34.9 Å². The summed E-state index contributed by atoms with van der Waals surface area (Å²) in [6, 6.07) is 7.34. The molecule has 0 aliphatic carbocycles. The van der Waals surface area contributed by atoms with E-state index in [0.717, 1.165) is 5.56 Å². The molecule has 20 heavy (non-hydrogen) atoms. The Hall–Kier alpha value is -1.59. The van der Waals surface area contributed by atoms with Gasteiger partial charge in [-0.05, 0) is 11.6 Å². The van der Waals surface area contributed by atoms with E-state index in [0.29, 0.717) is 37.6 Å². The van der Waals surface area contributed by atoms with Crippen LogP contribution in [0.25, 0.3) is 0 Å². The number of nitrogens with zero attached hydrogens (tertiary/aromatic N) is 2. The van der Waals surface area contributed by atoms with Gasteiger partial charge in [0.2, 0.25) is 11.8 Å². The number of piperazine rings is 1. The lowest BCUT2D eigenvalue weighted by Gasteiger charge is -2.34. The summed E-state index contributed by atoms with van der Waals surface area (Å²) in [7, 11) is 0. The highest BCUT2D eigenvalue weighted by Crippen LogP contribution is 2.16. The fourth-order valence-corrected chi connectivity index (χ4v) is 2.45. The number of hydrogen-bond donors (Lipinski definition) is 1. The molecule has 1 aliphatic rings. The largest absolute Gasteiger partial charge is 0.339 e. The van der Waals surface area contributed by atoms with Gasteiger partial charge < -0.3 is 15.5 Å². The average molecular weight is 296 g/mol. The quantitative estimate of drug-likeness (QED) is 0.884. The number of carbonyl (C=O) groups excluding carboxylic acids is 2. The molecular formula is C14H18ClN3O2. The standard InChI is InChI=1S/C14H18ClN3O2/c15-12-4-2-1-3-11(12)9-13(19)17-5-7-18(8-6-17)14(20)10-16/h1-4H,5-10,16H2. The fraction of sp³-hybridized carbons (Fsp3) is 0.429. The minimum atomic E-state index is -0.0665. The van der Waals surface area contributed by atoms with Crippen molar-refractivity contribution in [3.8, 4) is 0 Å². The Bertz CT molecular complexity index is 499. The first-order chi connectivity index (χ1) is 9.61. The number of halogens is 1. The third-order valence-electron chi connectivity index (χ3n) is 3.46. The van der Waals surface area contributed by atoms with Gasteiger partial charge in [0.15, 0.2) is 0 Å². The number of benzene rings is 1. The van der Waals surface area contributed by atoms with Gasteiger partial charge in [0.1, 0.15) is 0 Å². The van der Waals surface area contributed by atoms with Gasteiger partial charge >= 0.3 is 0 Å². The first kappa shape index (κ1) is 14.8. The van der Waals surface area contributed by atoms with Crippen molar-refractivity contribution in [2.75, 3.05) is 32.7 Å². The molecule has 0 radical (unpaired) electrons. The van der Waals surface area contributed by atoms with Crippen LogP contribution in [-0.2, 0) is 16.0 Å². The predicted molar refractivity (Wildman–Crippen MR) is 77.4 cm³/mol. The van der Waals surface area contributed by atoms with E-state index in [9.17, 15) is 9.59 Å². The predicted octanol–water partition coefficient (Wildman–Crippen LogP) is 0.512. The van der Waals surface area contributed by atoms with Crippen LogP contribution in [0, 0.1) is 0 Å². The summed E-state index contributed by atoms with van der Waals surface area (Å²) in [6.45, 7) is 2.21. The molecule has 0 bridgehead atoms. The summed E-state index contributed by atoms with van der Waals surface area (Å²) in [6.07, 6.45) is 0.296. The lowest BCUT2D eigenvalue weighted by atomic mass is 10.1. The van der Waals surface area contributed by atoms with E-state index in [1.54, 1.807) is 15.9 Å². The summed E-state index contributed by atoms with van der Waals surface area (Å²) in [5, 5.41) is 0.609. The van der Waals surface area contributed by atoms with Crippen LogP contribution in [-0.4, -0.2) is 54.3 Å². The summed E-state index contributed by atoms with van der Waals surface area (Å²) in [4.78, 5) is 27.1. The number of amides is 2. The second-order valence-corrected chi connectivity index (χ2v) is 5.14. The first-order valence-corrected chi connectivity index (χ1v) is 6.98. The van der Waals surface area contributed by atoms with Crippen molar-refractivity contribution in [3.63, 3.8) is 0 Å². The second kappa shape index (κ2) is 6.72. The van der Waals surface area contributed by atoms with Gasteiger partial charge in [-0.2, -0.15) is 0 Å². The van der Waals surface area contributed by atoms with E-state index in [1.807, 2.05) is 18.2 Å². The van der Waals surface area contributed by atoms with Crippen LogP contribution in [0.3, 0.4) is 0 Å². The molecule has 0 unspecified atom stereocenters. The zero-order valence-electron chi connectivity index (χ0n) is 11.2. The molecule has 108 valence electrons. The molecule has 0 saturated carbocycles. The highest BCUT2D eigenvalue weighted by Gasteiger charge is 2.23. The smallest absolute Gasteiger partial charge is 0.236 e. The molecule has 1 aliphatic heterocycles. The Kier molecular flexibility index (Phi) is 4.98. The molecule has 1 aromatic carbocycles. The van der Waals surface area contributed by atoms with E-state index in [-0.39, 0.29) is 18.4 Å². The molecule has 1 heterocycles. The SMILES string of the molecule is NCC(=O)N1CCN(C(=O)Cc2ccccc2Cl)CC1. The highest BCUT2D eigenvalue weighted by atomic mass is 35.5. The number of rotatable bonds is 3. The van der Waals surface area contributed by atoms with Gasteiger partial charge in [0, 0.05) is 31.2 Å². The van der Waals surface area contributed by atoms with Crippen molar-refractivity contribution < 1.29 is 9.59 Å². The van der Waals surface area contributed by atoms with Crippen LogP contribution in [0.4, 0.5) is 0 Å². The Morgan fingerprint density at radius 2 is 1.60 bits per heavy atom. The molecule has 0 aromatic heterocycles. The molecule has 5 nitrogen and oxygen atoms in total. The van der Waals surface area contributed by atoms with Gasteiger partial charge in [0.25, 0.3) is 0 Å². The fourth-order valence-electron chi connectivity index (χ4n) is 2.25. The number of carbonyl (C=O) groups is 2. The normalized spacial score (nSPS) is 15.3. The van der Waals surface area contributed by atoms with Gasteiger partial charge in [-0.25, -0.2) is 0 Å². The molecule has 2 amide bonds. The number of hydrogen-bond acceptors (Lipinski definition) is 3. The van der Waals surface area contributed by atoms with Crippen molar-refractivity contribution in [1.29, 1.82) is 0 Å². The minimum Gasteiger partial charge on any atom is -0.339 e. The first-order valence-electron chi connectivity index (χ1n) is 6.61. The Morgan fingerprint density at radius 1 is 1.05 bits per heavy atom. The van der Waals surface area contributed by atoms with Gasteiger partial charge in [-0.3, -0.25) is 9.59 Å². The lowest BCUT2D eigenvalue weighted by Crippen LogP contribution is -2.52. The van der Waals surface area contributed by atoms with Crippen LogP contribution in [0.15, 0.2) is 24.3 Å². The van der Waals surface area contributed by atoms with Crippen LogP contribution in [0.1, 0.15) is 5.56 Å². The Labute approximate surface area is 123 Å². The van der Waals surface area contributed by atoms with Crippen molar-refractivity contribution in [1.82, 2.24) is 9.80 Å². The average Bonchev–Trinajstić information content (AvgIpc) is 2.49. The van der Waals surface area contributed by atoms with Crippen molar-refractivity contribution in [2.45, 2.75) is 6.42 Å². The summed E-state index contributed by atoms with van der Waals surface area (Å²) in [5.41, 5.74) is 6.16. The molecule has 2 rings (SSSR count). The van der Waals surface area contributed by atoms with E-state index in [1.165, 1.54) is 0 Å². The third-order valence-corrected chi connectivity index (χ3v) is 3.83. The zero-order valence-corrected chi connectivity index (χ0v) is 12.0.